The molecule has 1 heterocycles. The van der Waals surface area contributed by atoms with E-state index < -0.39 is 12.1 Å². The number of hydrogen-bond donors (Lipinski definition) is 0. The Morgan fingerprint density at radius 2 is 1.58 bits per heavy atom. The number of unbranched alkanes of at least 4 members (excludes halogenated alkanes) is 5. The highest BCUT2D eigenvalue weighted by Gasteiger charge is 2.41. The number of nitrogens with zero attached hydrogens (tertiary/aromatic N) is 2. The van der Waals surface area contributed by atoms with Gasteiger partial charge >= 0.3 is 0 Å². The van der Waals surface area contributed by atoms with Crippen LogP contribution in [0.25, 0.3) is 11.1 Å². The normalized spacial score (nSPS) is 18.6. The van der Waals surface area contributed by atoms with Crippen molar-refractivity contribution in [1.82, 2.24) is 9.80 Å². The molecule has 2 atom stereocenters. The lowest BCUT2D eigenvalue weighted by Crippen LogP contribution is -2.63. The Kier molecular flexibility index (Phi) is 8.81. The molecule has 176 valence electrons. The number of rotatable bonds is 11. The van der Waals surface area contributed by atoms with Gasteiger partial charge in [-0.1, -0.05) is 81.5 Å². The zero-order valence-electron chi connectivity index (χ0n) is 20.1. The van der Waals surface area contributed by atoms with Crippen LogP contribution in [-0.2, 0) is 16.0 Å². The van der Waals surface area contributed by atoms with Gasteiger partial charge in [-0.25, -0.2) is 0 Å². The molecule has 0 bridgehead atoms. The van der Waals surface area contributed by atoms with Gasteiger partial charge in [0.2, 0.25) is 11.8 Å². The first-order valence-corrected chi connectivity index (χ1v) is 12.2. The molecular weight excluding hydrogens is 412 g/mol. The number of carbonyl (C=O) groups is 3. The largest absolute Gasteiger partial charge is 0.332 e. The lowest BCUT2D eigenvalue weighted by molar-refractivity contribution is -0.159. The molecule has 2 aromatic rings. The summed E-state index contributed by atoms with van der Waals surface area (Å²) in [4.78, 5) is 40.6. The molecular formula is C28H36N2O3. The average molecular weight is 449 g/mol. The van der Waals surface area contributed by atoms with E-state index in [0.717, 1.165) is 35.8 Å². The van der Waals surface area contributed by atoms with Crippen molar-refractivity contribution >= 4 is 18.1 Å². The lowest BCUT2D eigenvalue weighted by atomic mass is 9.96. The third-order valence-electron chi connectivity index (χ3n) is 6.70. The van der Waals surface area contributed by atoms with Crippen LogP contribution in [0.2, 0.25) is 0 Å². The monoisotopic (exact) mass is 448 g/mol. The molecule has 0 aromatic heterocycles. The van der Waals surface area contributed by atoms with Crippen LogP contribution in [0.1, 0.15) is 68.3 Å². The molecule has 1 saturated heterocycles. The van der Waals surface area contributed by atoms with E-state index >= 15 is 0 Å². The fourth-order valence-corrected chi connectivity index (χ4v) is 4.57. The molecule has 2 aromatic carbocycles. The molecule has 0 saturated carbocycles. The summed E-state index contributed by atoms with van der Waals surface area (Å²) in [7, 11) is 1.74. The van der Waals surface area contributed by atoms with Crippen LogP contribution >= 0.6 is 0 Å². The van der Waals surface area contributed by atoms with Crippen molar-refractivity contribution in [3.05, 3.63) is 59.7 Å². The Bertz CT molecular complexity index is 954. The van der Waals surface area contributed by atoms with Crippen molar-refractivity contribution in [3.63, 3.8) is 0 Å². The molecule has 0 unspecified atom stereocenters. The Labute approximate surface area is 197 Å². The van der Waals surface area contributed by atoms with Gasteiger partial charge in [-0.15, -0.1) is 0 Å². The number of likely N-dealkylation sites (N-methyl/N-ethyl adjacent to an activating group) is 1. The molecule has 0 radical (unpaired) electrons. The Balaban J connectivity index is 1.66. The highest BCUT2D eigenvalue weighted by atomic mass is 16.2. The number of amides is 2. The molecule has 5 nitrogen and oxygen atoms in total. The van der Waals surface area contributed by atoms with E-state index in [-0.39, 0.29) is 11.8 Å². The third-order valence-corrected chi connectivity index (χ3v) is 6.70. The fourth-order valence-electron chi connectivity index (χ4n) is 4.57. The predicted molar refractivity (Wildman–Crippen MR) is 132 cm³/mol. The molecule has 0 N–H and O–H groups in total. The van der Waals surface area contributed by atoms with Crippen LogP contribution in [0.3, 0.4) is 0 Å². The van der Waals surface area contributed by atoms with E-state index in [1.165, 1.54) is 25.7 Å². The number of carbonyl (C=O) groups excluding carboxylic acids is 3. The molecule has 1 fully saturated rings. The minimum absolute atomic E-state index is 0.00730. The molecule has 1 aliphatic rings. The van der Waals surface area contributed by atoms with Crippen LogP contribution in [0.15, 0.2) is 48.5 Å². The summed E-state index contributed by atoms with van der Waals surface area (Å²) < 4.78 is 0. The second kappa shape index (κ2) is 11.8. The highest BCUT2D eigenvalue weighted by molar-refractivity contribution is 5.96. The maximum atomic E-state index is 13.3. The summed E-state index contributed by atoms with van der Waals surface area (Å²) in [5.74, 6) is 0.0498. The van der Waals surface area contributed by atoms with Gasteiger partial charge in [0.1, 0.15) is 18.4 Å². The molecule has 33 heavy (non-hydrogen) atoms. The van der Waals surface area contributed by atoms with Crippen LogP contribution < -0.4 is 0 Å². The number of aldehydes is 1. The second-order valence-corrected chi connectivity index (χ2v) is 9.08. The first-order valence-electron chi connectivity index (χ1n) is 12.2. The summed E-state index contributed by atoms with van der Waals surface area (Å²) in [5, 5.41) is 0. The van der Waals surface area contributed by atoms with Crippen LogP contribution in [0.4, 0.5) is 0 Å². The summed E-state index contributed by atoms with van der Waals surface area (Å²) >= 11 is 0. The molecule has 1 aliphatic heterocycles. The first-order chi connectivity index (χ1) is 16.0. The van der Waals surface area contributed by atoms with Gasteiger partial charge in [-0.2, -0.15) is 0 Å². The first kappa shape index (κ1) is 24.7. The summed E-state index contributed by atoms with van der Waals surface area (Å²) in [6.45, 7) is 4.69. The van der Waals surface area contributed by atoms with Gasteiger partial charge in [-0.05, 0) is 36.1 Å². The molecule has 0 spiro atoms. The third kappa shape index (κ3) is 6.10. The minimum atomic E-state index is -0.474. The van der Waals surface area contributed by atoms with Gasteiger partial charge in [0.25, 0.3) is 0 Å². The summed E-state index contributed by atoms with van der Waals surface area (Å²) in [6.07, 6.45) is 8.27. The summed E-state index contributed by atoms with van der Waals surface area (Å²) in [5.41, 5.74) is 3.65. The van der Waals surface area contributed by atoms with Crippen molar-refractivity contribution in [3.8, 4) is 11.1 Å². The molecule has 3 rings (SSSR count). The SMILES string of the molecule is CCCCCCCCN1C(=O)[C@H](Cc2ccc(-c3cccc(C=O)c3)cc2)N(C)C(=O)[C@@H]1C. The van der Waals surface area contributed by atoms with Gasteiger partial charge in [0, 0.05) is 25.6 Å². The van der Waals surface area contributed by atoms with Crippen LogP contribution in [0, 0.1) is 0 Å². The van der Waals surface area contributed by atoms with E-state index in [9.17, 15) is 14.4 Å². The van der Waals surface area contributed by atoms with Gasteiger partial charge < -0.3 is 9.80 Å². The van der Waals surface area contributed by atoms with Crippen molar-refractivity contribution in [2.24, 2.45) is 0 Å². The van der Waals surface area contributed by atoms with E-state index in [1.54, 1.807) is 22.9 Å². The van der Waals surface area contributed by atoms with Gasteiger partial charge in [0.05, 0.1) is 0 Å². The van der Waals surface area contributed by atoms with E-state index in [4.69, 9.17) is 0 Å². The lowest BCUT2D eigenvalue weighted by Gasteiger charge is -2.42. The van der Waals surface area contributed by atoms with Gasteiger partial charge in [0.15, 0.2) is 0 Å². The Morgan fingerprint density at radius 1 is 0.879 bits per heavy atom. The van der Waals surface area contributed by atoms with Crippen molar-refractivity contribution < 1.29 is 14.4 Å². The quantitative estimate of drug-likeness (QED) is 0.354. The van der Waals surface area contributed by atoms with Crippen molar-refractivity contribution in [1.29, 1.82) is 0 Å². The topological polar surface area (TPSA) is 57.7 Å². The standard InChI is InChI=1S/C28H36N2O3/c1-4-5-6-7-8-9-17-30-21(2)27(32)29(3)26(28(30)33)19-22-13-15-24(16-14-22)25-12-10-11-23(18-25)20-31/h10-16,18,20-21,26H,4-9,17,19H2,1-3H3/t21-,26-/m0/s1. The second-order valence-electron chi connectivity index (χ2n) is 9.08. The minimum Gasteiger partial charge on any atom is -0.332 e. The van der Waals surface area contributed by atoms with E-state index in [1.807, 2.05) is 49.4 Å². The van der Waals surface area contributed by atoms with Crippen LogP contribution in [0.5, 0.6) is 0 Å². The zero-order valence-corrected chi connectivity index (χ0v) is 20.1. The number of benzene rings is 2. The Morgan fingerprint density at radius 3 is 2.27 bits per heavy atom. The maximum absolute atomic E-state index is 13.3. The maximum Gasteiger partial charge on any atom is 0.246 e. The molecule has 2 amide bonds. The zero-order chi connectivity index (χ0) is 23.8. The van der Waals surface area contributed by atoms with Crippen molar-refractivity contribution in [2.75, 3.05) is 13.6 Å². The summed E-state index contributed by atoms with van der Waals surface area (Å²) in [6, 6.07) is 14.6. The van der Waals surface area contributed by atoms with Gasteiger partial charge in [-0.3, -0.25) is 14.4 Å². The van der Waals surface area contributed by atoms with E-state index in [0.29, 0.717) is 18.5 Å². The average Bonchev–Trinajstić information content (AvgIpc) is 2.85. The highest BCUT2D eigenvalue weighted by Crippen LogP contribution is 2.24. The molecule has 0 aliphatic carbocycles. The Hall–Kier alpha value is -2.95. The predicted octanol–water partition coefficient (Wildman–Crippen LogP) is 5.13. The van der Waals surface area contributed by atoms with E-state index in [2.05, 4.69) is 6.92 Å². The smallest absolute Gasteiger partial charge is 0.246 e. The van der Waals surface area contributed by atoms with Crippen LogP contribution in [-0.4, -0.2) is 53.6 Å². The number of piperazine rings is 1. The van der Waals surface area contributed by atoms with Crippen molar-refractivity contribution in [2.45, 2.75) is 70.9 Å². The number of hydrogen-bond acceptors (Lipinski definition) is 3. The fraction of sp³-hybridized carbons (Fsp3) is 0.464. The molecule has 5 heteroatoms.